The summed E-state index contributed by atoms with van der Waals surface area (Å²) in [4.78, 5) is 31.0. The van der Waals surface area contributed by atoms with Crippen LogP contribution in [0.1, 0.15) is 49.1 Å². The van der Waals surface area contributed by atoms with E-state index in [9.17, 15) is 9.59 Å². The van der Waals surface area contributed by atoms with Crippen LogP contribution in [0.5, 0.6) is 0 Å². The molecule has 1 aliphatic heterocycles. The molecule has 1 aliphatic rings. The van der Waals surface area contributed by atoms with Crippen molar-refractivity contribution in [3.8, 4) is 11.4 Å². The van der Waals surface area contributed by atoms with E-state index in [-0.39, 0.29) is 17.7 Å². The number of nitrogens with one attached hydrogen (secondary N) is 1. The molecule has 1 aromatic heterocycles. The Morgan fingerprint density at radius 3 is 2.78 bits per heavy atom. The summed E-state index contributed by atoms with van der Waals surface area (Å²) in [5.74, 6) is 1.13. The molecule has 0 aliphatic carbocycles. The Morgan fingerprint density at radius 2 is 2.00 bits per heavy atom. The van der Waals surface area contributed by atoms with Gasteiger partial charge in [-0.1, -0.05) is 54.0 Å². The smallest absolute Gasteiger partial charge is 0.231 e. The largest absolute Gasteiger partial charge is 0.342 e. The van der Waals surface area contributed by atoms with Crippen molar-refractivity contribution in [2.24, 2.45) is 0 Å². The molecule has 1 fully saturated rings. The van der Waals surface area contributed by atoms with Crippen molar-refractivity contribution in [2.45, 2.75) is 45.4 Å². The van der Waals surface area contributed by atoms with Gasteiger partial charge in [0.15, 0.2) is 0 Å². The summed E-state index contributed by atoms with van der Waals surface area (Å²) in [6.07, 6.45) is 2.62. The average molecular weight is 433 g/mol. The third-order valence-electron chi connectivity index (χ3n) is 5.77. The Kier molecular flexibility index (Phi) is 6.63. The summed E-state index contributed by atoms with van der Waals surface area (Å²) in [5, 5.41) is 6.99. The molecule has 7 nitrogen and oxygen atoms in total. The van der Waals surface area contributed by atoms with E-state index in [1.807, 2.05) is 67.3 Å². The van der Waals surface area contributed by atoms with Gasteiger partial charge in [-0.3, -0.25) is 9.59 Å². The van der Waals surface area contributed by atoms with Crippen molar-refractivity contribution >= 4 is 17.5 Å². The van der Waals surface area contributed by atoms with Crippen LogP contribution < -0.4 is 5.32 Å². The van der Waals surface area contributed by atoms with E-state index in [4.69, 9.17) is 4.52 Å². The van der Waals surface area contributed by atoms with Crippen molar-refractivity contribution in [2.75, 3.05) is 18.4 Å². The Bertz CT molecular complexity index is 1090. The van der Waals surface area contributed by atoms with Crippen LogP contribution >= 0.6 is 0 Å². The first-order valence-corrected chi connectivity index (χ1v) is 11.1. The number of hydrogen-bond donors (Lipinski definition) is 1. The van der Waals surface area contributed by atoms with E-state index in [0.29, 0.717) is 36.8 Å². The van der Waals surface area contributed by atoms with Gasteiger partial charge in [0.2, 0.25) is 23.5 Å². The van der Waals surface area contributed by atoms with Crippen molar-refractivity contribution < 1.29 is 14.1 Å². The van der Waals surface area contributed by atoms with Crippen molar-refractivity contribution in [1.29, 1.82) is 0 Å². The van der Waals surface area contributed by atoms with Crippen LogP contribution in [0.4, 0.5) is 5.69 Å². The summed E-state index contributed by atoms with van der Waals surface area (Å²) in [6, 6.07) is 15.5. The molecule has 1 N–H and O–H groups in total. The summed E-state index contributed by atoms with van der Waals surface area (Å²) in [7, 11) is 0. The Balaban J connectivity index is 1.42. The number of nitrogens with zero attached hydrogens (tertiary/aromatic N) is 3. The lowest BCUT2D eigenvalue weighted by molar-refractivity contribution is -0.131. The third-order valence-corrected chi connectivity index (χ3v) is 5.77. The van der Waals surface area contributed by atoms with Gasteiger partial charge < -0.3 is 14.7 Å². The molecule has 166 valence electrons. The highest BCUT2D eigenvalue weighted by Crippen LogP contribution is 2.28. The zero-order valence-corrected chi connectivity index (χ0v) is 18.5. The summed E-state index contributed by atoms with van der Waals surface area (Å²) < 4.78 is 5.57. The number of likely N-dealkylation sites (tertiary alicyclic amines) is 1. The molecule has 2 heterocycles. The quantitative estimate of drug-likeness (QED) is 0.626. The highest BCUT2D eigenvalue weighted by atomic mass is 16.5. The van der Waals surface area contributed by atoms with Crippen LogP contribution in [0.25, 0.3) is 11.4 Å². The molecule has 0 radical (unpaired) electrons. The Morgan fingerprint density at radius 1 is 1.19 bits per heavy atom. The molecule has 0 bridgehead atoms. The number of anilines is 1. The topological polar surface area (TPSA) is 88.3 Å². The summed E-state index contributed by atoms with van der Waals surface area (Å²) >= 11 is 0. The predicted molar refractivity (Wildman–Crippen MR) is 122 cm³/mol. The monoisotopic (exact) mass is 432 g/mol. The van der Waals surface area contributed by atoms with Gasteiger partial charge in [0.05, 0.1) is 12.3 Å². The molecule has 0 spiro atoms. The molecular weight excluding hydrogens is 404 g/mol. The average Bonchev–Trinajstić information content (AvgIpc) is 3.31. The van der Waals surface area contributed by atoms with Crippen molar-refractivity contribution in [3.63, 3.8) is 0 Å². The van der Waals surface area contributed by atoms with E-state index in [1.165, 1.54) is 5.56 Å². The van der Waals surface area contributed by atoms with E-state index < -0.39 is 0 Å². The van der Waals surface area contributed by atoms with Gasteiger partial charge in [-0.2, -0.15) is 4.98 Å². The maximum Gasteiger partial charge on any atom is 0.231 e. The molecule has 2 amide bonds. The van der Waals surface area contributed by atoms with Crippen LogP contribution in [-0.2, 0) is 16.0 Å². The normalized spacial score (nSPS) is 16.1. The molecule has 0 unspecified atom stereocenters. The minimum absolute atomic E-state index is 0.0231. The fourth-order valence-corrected chi connectivity index (χ4v) is 3.90. The number of rotatable bonds is 6. The van der Waals surface area contributed by atoms with Gasteiger partial charge >= 0.3 is 0 Å². The fraction of sp³-hybridized carbons (Fsp3) is 0.360. The Labute approximate surface area is 187 Å². The fourth-order valence-electron chi connectivity index (χ4n) is 3.90. The second-order valence-electron chi connectivity index (χ2n) is 8.28. The first-order valence-electron chi connectivity index (χ1n) is 11.1. The van der Waals surface area contributed by atoms with Crippen LogP contribution in [0, 0.1) is 6.92 Å². The van der Waals surface area contributed by atoms with Gasteiger partial charge in [-0.15, -0.1) is 0 Å². The number of amides is 2. The van der Waals surface area contributed by atoms with E-state index in [0.717, 1.165) is 30.5 Å². The minimum atomic E-state index is -0.0476. The van der Waals surface area contributed by atoms with E-state index >= 15 is 0 Å². The van der Waals surface area contributed by atoms with Crippen LogP contribution in [-0.4, -0.2) is 39.9 Å². The van der Waals surface area contributed by atoms with Crippen molar-refractivity contribution in [1.82, 2.24) is 15.0 Å². The number of carbonyl (C=O) groups is 2. The highest BCUT2D eigenvalue weighted by Gasteiger charge is 2.28. The zero-order chi connectivity index (χ0) is 22.5. The van der Waals surface area contributed by atoms with Gasteiger partial charge in [-0.05, 0) is 37.5 Å². The van der Waals surface area contributed by atoms with Crippen LogP contribution in [0.3, 0.4) is 0 Å². The lowest BCUT2D eigenvalue weighted by Gasteiger charge is -2.31. The molecule has 1 saturated heterocycles. The second-order valence-corrected chi connectivity index (χ2v) is 8.28. The molecule has 7 heteroatoms. The van der Waals surface area contributed by atoms with Crippen molar-refractivity contribution in [3.05, 3.63) is 65.5 Å². The number of carbonyl (C=O) groups excluding carboxylic acids is 2. The third kappa shape index (κ3) is 5.22. The summed E-state index contributed by atoms with van der Waals surface area (Å²) in [5.41, 5.74) is 3.69. The van der Waals surface area contributed by atoms with Gasteiger partial charge in [0.1, 0.15) is 0 Å². The molecular formula is C25H28N4O3. The van der Waals surface area contributed by atoms with E-state index in [2.05, 4.69) is 15.5 Å². The molecule has 32 heavy (non-hydrogen) atoms. The lowest BCUT2D eigenvalue weighted by Crippen LogP contribution is -2.40. The van der Waals surface area contributed by atoms with Crippen LogP contribution in [0.15, 0.2) is 53.1 Å². The zero-order valence-electron chi connectivity index (χ0n) is 18.5. The minimum Gasteiger partial charge on any atom is -0.342 e. The second kappa shape index (κ2) is 9.77. The maximum atomic E-state index is 12.8. The molecule has 2 aromatic carbocycles. The molecule has 4 rings (SSSR count). The SMILES string of the molecule is CCC(=O)Nc1cccc(-c2noc([C@@H]3CCCN(C(=O)Cc4ccc(C)cc4)C3)n2)c1. The van der Waals surface area contributed by atoms with Gasteiger partial charge in [0, 0.05) is 30.8 Å². The molecule has 1 atom stereocenters. The van der Waals surface area contributed by atoms with E-state index in [1.54, 1.807) is 0 Å². The highest BCUT2D eigenvalue weighted by molar-refractivity contribution is 5.91. The predicted octanol–water partition coefficient (Wildman–Crippen LogP) is 4.34. The maximum absolute atomic E-state index is 12.8. The Hall–Kier alpha value is -3.48. The first-order chi connectivity index (χ1) is 15.5. The molecule has 3 aromatic rings. The number of benzene rings is 2. The lowest BCUT2D eigenvalue weighted by atomic mass is 9.97. The number of aromatic nitrogens is 2. The standard InChI is InChI=1S/C25H28N4O3/c1-3-22(30)26-21-8-4-6-19(15-21)24-27-25(32-28-24)20-7-5-13-29(16-20)23(31)14-18-11-9-17(2)10-12-18/h4,6,8-12,15,20H,3,5,7,13-14,16H2,1-2H3,(H,26,30)/t20-/m1/s1. The number of piperidine rings is 1. The van der Waals surface area contributed by atoms with Crippen LogP contribution in [0.2, 0.25) is 0 Å². The summed E-state index contributed by atoms with van der Waals surface area (Å²) in [6.45, 7) is 5.18. The first kappa shape index (κ1) is 21.7. The number of hydrogen-bond acceptors (Lipinski definition) is 5. The van der Waals surface area contributed by atoms with Gasteiger partial charge in [-0.25, -0.2) is 0 Å². The number of aryl methyl sites for hydroxylation is 1. The van der Waals surface area contributed by atoms with Gasteiger partial charge in [0.25, 0.3) is 0 Å². The molecule has 0 saturated carbocycles.